The van der Waals surface area contributed by atoms with Crippen LogP contribution in [0.25, 0.3) is 0 Å². The summed E-state index contributed by atoms with van der Waals surface area (Å²) in [5, 5.41) is 3.56. The maximum absolute atomic E-state index is 3.56. The molecule has 1 aliphatic carbocycles. The minimum Gasteiger partial charge on any atom is -0.315 e. The number of hydrogen-bond acceptors (Lipinski definition) is 1. The lowest BCUT2D eigenvalue weighted by atomic mass is 9.72. The first-order valence-corrected chi connectivity index (χ1v) is 7.26. The molecule has 1 nitrogen and oxygen atoms in total. The normalized spacial score (nSPS) is 20.1. The fourth-order valence-corrected chi connectivity index (χ4v) is 2.95. The Labute approximate surface area is 102 Å². The van der Waals surface area contributed by atoms with Gasteiger partial charge in [0, 0.05) is 6.04 Å². The first-order chi connectivity index (χ1) is 7.52. The minimum absolute atomic E-state index is 0.534. The Morgan fingerprint density at radius 2 is 1.62 bits per heavy atom. The lowest BCUT2D eigenvalue weighted by Crippen LogP contribution is -2.31. The van der Waals surface area contributed by atoms with Gasteiger partial charge in [-0.25, -0.2) is 0 Å². The Bertz CT molecular complexity index is 176. The van der Waals surface area contributed by atoms with Crippen LogP contribution < -0.4 is 5.32 Å². The molecule has 1 N–H and O–H groups in total. The van der Waals surface area contributed by atoms with E-state index < -0.39 is 0 Å². The molecule has 1 rings (SSSR count). The van der Waals surface area contributed by atoms with Crippen LogP contribution in [0.15, 0.2) is 0 Å². The minimum atomic E-state index is 0.534. The van der Waals surface area contributed by atoms with Gasteiger partial charge in [-0.1, -0.05) is 53.4 Å². The molecule has 0 spiro atoms. The molecule has 0 aliphatic heterocycles. The van der Waals surface area contributed by atoms with Crippen molar-refractivity contribution in [3.8, 4) is 0 Å². The predicted molar refractivity (Wildman–Crippen MR) is 72.7 cm³/mol. The van der Waals surface area contributed by atoms with Crippen molar-refractivity contribution in [1.82, 2.24) is 5.32 Å². The van der Waals surface area contributed by atoms with E-state index in [1.54, 1.807) is 0 Å². The van der Waals surface area contributed by atoms with Crippen LogP contribution in [0, 0.1) is 11.3 Å². The summed E-state index contributed by atoms with van der Waals surface area (Å²) in [6, 6.07) is 0.630. The zero-order chi connectivity index (χ0) is 12.0. The molecular formula is C15H31N. The van der Waals surface area contributed by atoms with Gasteiger partial charge in [0.15, 0.2) is 0 Å². The highest BCUT2D eigenvalue weighted by molar-refractivity contribution is 4.81. The van der Waals surface area contributed by atoms with Crippen LogP contribution in [0.1, 0.15) is 72.6 Å². The molecule has 0 bridgehead atoms. The number of hydrogen-bond donors (Lipinski definition) is 1. The molecule has 0 saturated heterocycles. The average Bonchev–Trinajstić information content (AvgIpc) is 2.44. The van der Waals surface area contributed by atoms with Crippen molar-refractivity contribution in [2.75, 3.05) is 6.54 Å². The van der Waals surface area contributed by atoms with Crippen LogP contribution in [-0.2, 0) is 0 Å². The summed E-state index contributed by atoms with van der Waals surface area (Å²) in [6.07, 6.45) is 10.1. The number of rotatable bonds is 5. The number of nitrogens with one attached hydrogen (secondary N) is 1. The Morgan fingerprint density at radius 3 is 2.12 bits per heavy atom. The van der Waals surface area contributed by atoms with Crippen molar-refractivity contribution in [2.24, 2.45) is 11.3 Å². The summed E-state index contributed by atoms with van der Waals surface area (Å²) in [5.41, 5.74) is 0.534. The van der Waals surface area contributed by atoms with Crippen LogP contribution >= 0.6 is 0 Å². The van der Waals surface area contributed by atoms with Gasteiger partial charge < -0.3 is 5.32 Å². The third kappa shape index (κ3) is 4.86. The maximum atomic E-state index is 3.56. The lowest BCUT2D eigenvalue weighted by Gasteiger charge is -2.34. The SMILES string of the molecule is CC(C)NCCC(C)(C)C1CCCCCC1. The summed E-state index contributed by atoms with van der Waals surface area (Å²) in [7, 11) is 0. The highest BCUT2D eigenvalue weighted by Gasteiger charge is 2.29. The zero-order valence-corrected chi connectivity index (χ0v) is 11.8. The summed E-state index contributed by atoms with van der Waals surface area (Å²) in [4.78, 5) is 0. The monoisotopic (exact) mass is 225 g/mol. The second-order valence-electron chi connectivity index (χ2n) is 6.54. The fraction of sp³-hybridized carbons (Fsp3) is 1.00. The molecule has 1 heteroatoms. The molecule has 96 valence electrons. The van der Waals surface area contributed by atoms with Crippen LogP contribution in [0.2, 0.25) is 0 Å². The molecule has 0 aromatic rings. The van der Waals surface area contributed by atoms with Crippen LogP contribution in [-0.4, -0.2) is 12.6 Å². The van der Waals surface area contributed by atoms with E-state index in [0.29, 0.717) is 11.5 Å². The Hall–Kier alpha value is -0.0400. The summed E-state index contributed by atoms with van der Waals surface area (Å²) < 4.78 is 0. The predicted octanol–water partition coefficient (Wildman–Crippen LogP) is 4.37. The zero-order valence-electron chi connectivity index (χ0n) is 11.8. The van der Waals surface area contributed by atoms with E-state index in [0.717, 1.165) is 5.92 Å². The van der Waals surface area contributed by atoms with Crippen molar-refractivity contribution in [2.45, 2.75) is 78.7 Å². The van der Waals surface area contributed by atoms with Crippen molar-refractivity contribution in [3.63, 3.8) is 0 Å². The van der Waals surface area contributed by atoms with Gasteiger partial charge >= 0.3 is 0 Å². The average molecular weight is 225 g/mol. The molecule has 0 unspecified atom stereocenters. The van der Waals surface area contributed by atoms with E-state index in [4.69, 9.17) is 0 Å². The Kier molecular flexibility index (Phi) is 5.82. The van der Waals surface area contributed by atoms with Crippen molar-refractivity contribution in [3.05, 3.63) is 0 Å². The van der Waals surface area contributed by atoms with E-state index in [1.807, 2.05) is 0 Å². The topological polar surface area (TPSA) is 12.0 Å². The molecule has 0 heterocycles. The molecule has 0 atom stereocenters. The summed E-state index contributed by atoms with van der Waals surface area (Å²) >= 11 is 0. The summed E-state index contributed by atoms with van der Waals surface area (Å²) in [5.74, 6) is 0.962. The largest absolute Gasteiger partial charge is 0.315 e. The maximum Gasteiger partial charge on any atom is 0.00103 e. The van der Waals surface area contributed by atoms with Crippen molar-refractivity contribution >= 4 is 0 Å². The first kappa shape index (κ1) is 14.0. The Morgan fingerprint density at radius 1 is 1.06 bits per heavy atom. The van der Waals surface area contributed by atoms with E-state index >= 15 is 0 Å². The van der Waals surface area contributed by atoms with Crippen LogP contribution in [0.4, 0.5) is 0 Å². The molecular weight excluding hydrogens is 194 g/mol. The molecule has 0 radical (unpaired) electrons. The standard InChI is InChI=1S/C15H31N/c1-13(2)16-12-11-15(3,4)14-9-7-5-6-8-10-14/h13-14,16H,5-12H2,1-4H3. The van der Waals surface area contributed by atoms with Gasteiger partial charge in [0.05, 0.1) is 0 Å². The lowest BCUT2D eigenvalue weighted by molar-refractivity contribution is 0.172. The molecule has 0 aromatic carbocycles. The summed E-state index contributed by atoms with van der Waals surface area (Å²) in [6.45, 7) is 10.6. The van der Waals surface area contributed by atoms with E-state index in [1.165, 1.54) is 51.5 Å². The second kappa shape index (κ2) is 6.64. The second-order valence-corrected chi connectivity index (χ2v) is 6.54. The molecule has 1 aliphatic rings. The van der Waals surface area contributed by atoms with Gasteiger partial charge in [0.2, 0.25) is 0 Å². The van der Waals surface area contributed by atoms with Crippen LogP contribution in [0.3, 0.4) is 0 Å². The third-order valence-electron chi connectivity index (χ3n) is 4.28. The molecule has 16 heavy (non-hydrogen) atoms. The molecule has 0 aromatic heterocycles. The van der Waals surface area contributed by atoms with Gasteiger partial charge in [-0.05, 0) is 37.1 Å². The van der Waals surface area contributed by atoms with Crippen molar-refractivity contribution in [1.29, 1.82) is 0 Å². The van der Waals surface area contributed by atoms with Gasteiger partial charge in [-0.2, -0.15) is 0 Å². The molecule has 1 saturated carbocycles. The highest BCUT2D eigenvalue weighted by Crippen LogP contribution is 2.39. The van der Waals surface area contributed by atoms with Gasteiger partial charge in [0.1, 0.15) is 0 Å². The molecule has 1 fully saturated rings. The Balaban J connectivity index is 2.34. The van der Waals surface area contributed by atoms with Crippen molar-refractivity contribution < 1.29 is 0 Å². The van der Waals surface area contributed by atoms with Crippen LogP contribution in [0.5, 0.6) is 0 Å². The quantitative estimate of drug-likeness (QED) is 0.685. The first-order valence-electron chi connectivity index (χ1n) is 7.26. The van der Waals surface area contributed by atoms with Gasteiger partial charge in [-0.15, -0.1) is 0 Å². The third-order valence-corrected chi connectivity index (χ3v) is 4.28. The highest BCUT2D eigenvalue weighted by atomic mass is 14.9. The van der Waals surface area contributed by atoms with E-state index in [9.17, 15) is 0 Å². The van der Waals surface area contributed by atoms with E-state index in [-0.39, 0.29) is 0 Å². The fourth-order valence-electron chi connectivity index (χ4n) is 2.95. The van der Waals surface area contributed by atoms with Gasteiger partial charge in [0.25, 0.3) is 0 Å². The smallest absolute Gasteiger partial charge is 0.00103 e. The molecule has 0 amide bonds. The van der Waals surface area contributed by atoms with E-state index in [2.05, 4.69) is 33.0 Å². The van der Waals surface area contributed by atoms with Gasteiger partial charge in [-0.3, -0.25) is 0 Å².